The predicted molar refractivity (Wildman–Crippen MR) is 69.6 cm³/mol. The van der Waals surface area contributed by atoms with Crippen molar-refractivity contribution in [2.45, 2.75) is 26.7 Å². The van der Waals surface area contributed by atoms with Crippen molar-refractivity contribution in [3.8, 4) is 0 Å². The van der Waals surface area contributed by atoms with Gasteiger partial charge in [0, 0.05) is 6.54 Å². The maximum Gasteiger partial charge on any atom is 0.335 e. The summed E-state index contributed by atoms with van der Waals surface area (Å²) in [4.78, 5) is 13.1. The molecular weight excluding hydrogens is 214 g/mol. The van der Waals surface area contributed by atoms with Crippen LogP contribution in [0.1, 0.15) is 42.6 Å². The van der Waals surface area contributed by atoms with Gasteiger partial charge in [0.25, 0.3) is 0 Å². The lowest BCUT2D eigenvalue weighted by Crippen LogP contribution is -2.27. The third kappa shape index (κ3) is 3.86. The second-order valence-corrected chi connectivity index (χ2v) is 4.31. The molecule has 1 aromatic rings. The van der Waals surface area contributed by atoms with Gasteiger partial charge in [0.05, 0.1) is 5.56 Å². The molecule has 0 bridgehead atoms. The van der Waals surface area contributed by atoms with Gasteiger partial charge in [-0.25, -0.2) is 4.79 Å². The minimum Gasteiger partial charge on any atom is -0.478 e. The van der Waals surface area contributed by atoms with E-state index >= 15 is 0 Å². The molecule has 0 spiro atoms. The molecule has 0 aliphatic carbocycles. The molecule has 94 valence electrons. The summed E-state index contributed by atoms with van der Waals surface area (Å²) in [7, 11) is 0. The largest absolute Gasteiger partial charge is 0.478 e. The molecule has 3 heteroatoms. The van der Waals surface area contributed by atoms with Gasteiger partial charge in [0.15, 0.2) is 0 Å². The number of carbonyl (C=O) groups is 1. The molecule has 0 fully saturated rings. The van der Waals surface area contributed by atoms with Crippen LogP contribution in [0.4, 0.5) is 0 Å². The van der Waals surface area contributed by atoms with Gasteiger partial charge in [-0.1, -0.05) is 32.9 Å². The van der Waals surface area contributed by atoms with E-state index < -0.39 is 5.97 Å². The highest BCUT2D eigenvalue weighted by atomic mass is 16.4. The molecule has 1 unspecified atom stereocenters. The highest BCUT2D eigenvalue weighted by molar-refractivity contribution is 5.87. The van der Waals surface area contributed by atoms with Gasteiger partial charge >= 0.3 is 5.97 Å². The number of aromatic carboxylic acids is 1. The fraction of sp³-hybridized carbons (Fsp3) is 0.500. The summed E-state index contributed by atoms with van der Waals surface area (Å²) < 4.78 is 0. The first-order valence-electron chi connectivity index (χ1n) is 6.14. The number of nitrogens with zero attached hydrogens (tertiary/aromatic N) is 1. The summed E-state index contributed by atoms with van der Waals surface area (Å²) in [6.45, 7) is 9.60. The standard InChI is InChI=1S/C14H21NO2/c1-4-15(5-2)10-11(3)12-6-8-13(9-7-12)14(16)17/h6-9,11H,4-5,10H2,1-3H3,(H,16,17). The van der Waals surface area contributed by atoms with Gasteiger partial charge in [0.1, 0.15) is 0 Å². The van der Waals surface area contributed by atoms with Gasteiger partial charge in [-0.2, -0.15) is 0 Å². The lowest BCUT2D eigenvalue weighted by atomic mass is 9.99. The van der Waals surface area contributed by atoms with Crippen molar-refractivity contribution in [1.82, 2.24) is 4.90 Å². The minimum absolute atomic E-state index is 0.351. The lowest BCUT2D eigenvalue weighted by Gasteiger charge is -2.22. The van der Waals surface area contributed by atoms with Crippen molar-refractivity contribution >= 4 is 5.97 Å². The highest BCUT2D eigenvalue weighted by Gasteiger charge is 2.10. The molecule has 3 nitrogen and oxygen atoms in total. The lowest BCUT2D eigenvalue weighted by molar-refractivity contribution is 0.0697. The van der Waals surface area contributed by atoms with Crippen LogP contribution in [0.5, 0.6) is 0 Å². The summed E-state index contributed by atoms with van der Waals surface area (Å²) in [5.41, 5.74) is 1.55. The Morgan fingerprint density at radius 1 is 1.24 bits per heavy atom. The van der Waals surface area contributed by atoms with Gasteiger partial charge in [-0.3, -0.25) is 0 Å². The van der Waals surface area contributed by atoms with E-state index in [1.54, 1.807) is 12.1 Å². The summed E-state index contributed by atoms with van der Waals surface area (Å²) in [6.07, 6.45) is 0. The van der Waals surface area contributed by atoms with Crippen LogP contribution in [0.25, 0.3) is 0 Å². The molecule has 0 amide bonds. The van der Waals surface area contributed by atoms with Crippen LogP contribution in [0.2, 0.25) is 0 Å². The van der Waals surface area contributed by atoms with E-state index in [9.17, 15) is 4.79 Å². The van der Waals surface area contributed by atoms with Crippen LogP contribution in [0.3, 0.4) is 0 Å². The van der Waals surface area contributed by atoms with Gasteiger partial charge in [-0.15, -0.1) is 0 Å². The van der Waals surface area contributed by atoms with Crippen LogP contribution in [-0.2, 0) is 0 Å². The quantitative estimate of drug-likeness (QED) is 0.824. The fourth-order valence-electron chi connectivity index (χ4n) is 1.93. The molecule has 0 saturated carbocycles. The monoisotopic (exact) mass is 235 g/mol. The second-order valence-electron chi connectivity index (χ2n) is 4.31. The first-order valence-corrected chi connectivity index (χ1v) is 6.14. The van der Waals surface area contributed by atoms with E-state index in [4.69, 9.17) is 5.11 Å². The topological polar surface area (TPSA) is 40.5 Å². The minimum atomic E-state index is -0.868. The molecule has 1 atom stereocenters. The van der Waals surface area contributed by atoms with Crippen molar-refractivity contribution in [1.29, 1.82) is 0 Å². The summed E-state index contributed by atoms with van der Waals surface area (Å²) >= 11 is 0. The summed E-state index contributed by atoms with van der Waals surface area (Å²) in [5, 5.41) is 8.83. The average Bonchev–Trinajstić information content (AvgIpc) is 2.35. The number of carboxylic acid groups (broad SMARTS) is 1. The maximum atomic E-state index is 10.7. The Bertz CT molecular complexity index is 355. The summed E-state index contributed by atoms with van der Waals surface area (Å²) in [5.74, 6) is -0.439. The second kappa shape index (κ2) is 6.40. The Morgan fingerprint density at radius 3 is 2.18 bits per heavy atom. The zero-order valence-electron chi connectivity index (χ0n) is 10.8. The first-order chi connectivity index (χ1) is 8.08. The average molecular weight is 235 g/mol. The molecule has 0 aliphatic rings. The predicted octanol–water partition coefficient (Wildman–Crippen LogP) is 2.83. The zero-order chi connectivity index (χ0) is 12.8. The number of carboxylic acids is 1. The van der Waals surface area contributed by atoms with Crippen LogP contribution in [0, 0.1) is 0 Å². The smallest absolute Gasteiger partial charge is 0.335 e. The van der Waals surface area contributed by atoms with Gasteiger partial charge in [0.2, 0.25) is 0 Å². The van der Waals surface area contributed by atoms with Crippen LogP contribution < -0.4 is 0 Å². The first kappa shape index (κ1) is 13.7. The molecule has 1 aromatic carbocycles. The van der Waals surface area contributed by atoms with E-state index in [1.165, 1.54) is 5.56 Å². The van der Waals surface area contributed by atoms with Crippen molar-refractivity contribution in [3.63, 3.8) is 0 Å². The van der Waals surface area contributed by atoms with Crippen molar-refractivity contribution in [3.05, 3.63) is 35.4 Å². The van der Waals surface area contributed by atoms with Crippen molar-refractivity contribution in [2.75, 3.05) is 19.6 Å². The molecule has 1 N–H and O–H groups in total. The molecule has 0 aromatic heterocycles. The Morgan fingerprint density at radius 2 is 1.76 bits per heavy atom. The van der Waals surface area contributed by atoms with Crippen LogP contribution in [-0.4, -0.2) is 35.6 Å². The van der Waals surface area contributed by atoms with Crippen LogP contribution >= 0.6 is 0 Å². The number of likely N-dealkylation sites (N-methyl/N-ethyl adjacent to an activating group) is 1. The SMILES string of the molecule is CCN(CC)CC(C)c1ccc(C(=O)O)cc1. The molecule has 1 rings (SSSR count). The van der Waals surface area contributed by atoms with E-state index in [-0.39, 0.29) is 0 Å². The Kier molecular flexibility index (Phi) is 5.16. The van der Waals surface area contributed by atoms with E-state index in [2.05, 4.69) is 25.7 Å². The van der Waals surface area contributed by atoms with Gasteiger partial charge < -0.3 is 10.0 Å². The normalized spacial score (nSPS) is 12.7. The zero-order valence-corrected chi connectivity index (χ0v) is 10.8. The van der Waals surface area contributed by atoms with Crippen molar-refractivity contribution in [2.24, 2.45) is 0 Å². The molecule has 0 heterocycles. The van der Waals surface area contributed by atoms with E-state index in [1.807, 2.05) is 12.1 Å². The molecule has 0 radical (unpaired) electrons. The Hall–Kier alpha value is -1.35. The molecular formula is C14H21NO2. The maximum absolute atomic E-state index is 10.7. The van der Waals surface area contributed by atoms with E-state index in [0.717, 1.165) is 19.6 Å². The van der Waals surface area contributed by atoms with Crippen LogP contribution in [0.15, 0.2) is 24.3 Å². The molecule has 0 saturated heterocycles. The van der Waals surface area contributed by atoms with Gasteiger partial charge in [-0.05, 0) is 36.7 Å². The molecule has 0 aliphatic heterocycles. The Balaban J connectivity index is 2.69. The number of benzene rings is 1. The third-order valence-corrected chi connectivity index (χ3v) is 3.15. The highest BCUT2D eigenvalue weighted by Crippen LogP contribution is 2.17. The van der Waals surface area contributed by atoms with E-state index in [0.29, 0.717) is 11.5 Å². The summed E-state index contributed by atoms with van der Waals surface area (Å²) in [6, 6.07) is 7.18. The third-order valence-electron chi connectivity index (χ3n) is 3.15. The Labute approximate surface area is 103 Å². The van der Waals surface area contributed by atoms with Crippen molar-refractivity contribution < 1.29 is 9.90 Å². The molecule has 17 heavy (non-hydrogen) atoms. The fourth-order valence-corrected chi connectivity index (χ4v) is 1.93. The number of hydrogen-bond acceptors (Lipinski definition) is 2. The number of hydrogen-bond donors (Lipinski definition) is 1. The number of rotatable bonds is 6.